The van der Waals surface area contributed by atoms with E-state index in [1.54, 1.807) is 12.1 Å². The number of ether oxygens (including phenoxy) is 2. The molecular weight excluding hydrogens is 366 g/mol. The van der Waals surface area contributed by atoms with Crippen LogP contribution in [0, 0.1) is 11.6 Å². The van der Waals surface area contributed by atoms with Gasteiger partial charge in [0.2, 0.25) is 0 Å². The summed E-state index contributed by atoms with van der Waals surface area (Å²) < 4.78 is 37.8. The first-order valence-electron chi connectivity index (χ1n) is 6.05. The Bertz CT molecular complexity index is 630. The maximum absolute atomic E-state index is 13.6. The van der Waals surface area contributed by atoms with E-state index in [2.05, 4.69) is 15.9 Å². The van der Waals surface area contributed by atoms with E-state index in [1.807, 2.05) is 0 Å². The van der Waals surface area contributed by atoms with Crippen LogP contribution in [0.3, 0.4) is 0 Å². The Kier molecular flexibility index (Phi) is 5.42. The van der Waals surface area contributed by atoms with Gasteiger partial charge >= 0.3 is 0 Å². The highest BCUT2D eigenvalue weighted by Gasteiger charge is 2.15. The van der Waals surface area contributed by atoms with E-state index >= 15 is 0 Å². The molecular formula is C15H12BrClF2O2. The molecule has 21 heavy (non-hydrogen) atoms. The van der Waals surface area contributed by atoms with Gasteiger partial charge in [0.25, 0.3) is 0 Å². The van der Waals surface area contributed by atoms with E-state index in [-0.39, 0.29) is 17.9 Å². The molecule has 2 aromatic rings. The molecule has 2 aromatic carbocycles. The minimum Gasteiger partial charge on any atom is -0.493 e. The fourth-order valence-electron chi connectivity index (χ4n) is 1.81. The molecule has 0 N–H and O–H groups in total. The molecule has 0 amide bonds. The minimum atomic E-state index is -0.665. The van der Waals surface area contributed by atoms with Crippen molar-refractivity contribution in [2.45, 2.75) is 11.9 Å². The molecule has 0 unspecified atom stereocenters. The molecule has 0 heterocycles. The average molecular weight is 378 g/mol. The number of benzene rings is 2. The largest absolute Gasteiger partial charge is 0.493 e. The van der Waals surface area contributed by atoms with Gasteiger partial charge in [0.15, 0.2) is 11.5 Å². The van der Waals surface area contributed by atoms with Gasteiger partial charge in [-0.15, -0.1) is 0 Å². The number of methoxy groups -OCH3 is 1. The van der Waals surface area contributed by atoms with Gasteiger partial charge in [0.1, 0.15) is 18.2 Å². The SMILES string of the molecule is COc1cc(CBr)cc(Cl)c1OCc1c(F)cccc1F. The number of rotatable bonds is 5. The summed E-state index contributed by atoms with van der Waals surface area (Å²) in [5.41, 5.74) is 0.751. The van der Waals surface area contributed by atoms with Gasteiger partial charge in [-0.3, -0.25) is 0 Å². The van der Waals surface area contributed by atoms with Gasteiger partial charge in [-0.05, 0) is 29.8 Å². The number of halogens is 4. The molecule has 0 fully saturated rings. The molecule has 0 saturated carbocycles. The Labute approximate surface area is 134 Å². The maximum atomic E-state index is 13.6. The van der Waals surface area contributed by atoms with Crippen molar-refractivity contribution >= 4 is 27.5 Å². The van der Waals surface area contributed by atoms with Crippen molar-refractivity contribution in [1.82, 2.24) is 0 Å². The van der Waals surface area contributed by atoms with E-state index in [0.29, 0.717) is 16.1 Å². The molecule has 0 bridgehead atoms. The molecule has 0 aliphatic rings. The number of hydrogen-bond donors (Lipinski definition) is 0. The summed E-state index contributed by atoms with van der Waals surface area (Å²) in [4.78, 5) is 0. The van der Waals surface area contributed by atoms with Crippen LogP contribution in [0.15, 0.2) is 30.3 Å². The van der Waals surface area contributed by atoms with Crippen LogP contribution in [0.5, 0.6) is 11.5 Å². The second-order valence-electron chi connectivity index (χ2n) is 4.23. The van der Waals surface area contributed by atoms with Crippen LogP contribution in [0.4, 0.5) is 8.78 Å². The third kappa shape index (κ3) is 3.66. The van der Waals surface area contributed by atoms with Crippen molar-refractivity contribution in [1.29, 1.82) is 0 Å². The summed E-state index contributed by atoms with van der Waals surface area (Å²) >= 11 is 9.44. The van der Waals surface area contributed by atoms with Crippen molar-refractivity contribution < 1.29 is 18.3 Å². The number of hydrogen-bond acceptors (Lipinski definition) is 2. The summed E-state index contributed by atoms with van der Waals surface area (Å²) in [5.74, 6) is -0.662. The van der Waals surface area contributed by atoms with Crippen molar-refractivity contribution in [3.63, 3.8) is 0 Å². The lowest BCUT2D eigenvalue weighted by Crippen LogP contribution is -2.03. The quantitative estimate of drug-likeness (QED) is 0.675. The summed E-state index contributed by atoms with van der Waals surface area (Å²) in [6.07, 6.45) is 0. The smallest absolute Gasteiger partial charge is 0.180 e. The van der Waals surface area contributed by atoms with Crippen LogP contribution in [0.1, 0.15) is 11.1 Å². The van der Waals surface area contributed by atoms with Crippen molar-refractivity contribution in [2.75, 3.05) is 7.11 Å². The zero-order valence-corrected chi connectivity index (χ0v) is 13.5. The first-order chi connectivity index (χ1) is 10.1. The molecule has 0 radical (unpaired) electrons. The third-order valence-electron chi connectivity index (χ3n) is 2.87. The standard InChI is InChI=1S/C15H12BrClF2O2/c1-20-14-6-9(7-16)5-11(17)15(14)21-8-10-12(18)3-2-4-13(10)19/h2-6H,7-8H2,1H3. The monoisotopic (exact) mass is 376 g/mol. The van der Waals surface area contributed by atoms with E-state index < -0.39 is 11.6 Å². The highest BCUT2D eigenvalue weighted by atomic mass is 79.9. The predicted octanol–water partition coefficient (Wildman–Crippen LogP) is 5.10. The van der Waals surface area contributed by atoms with Gasteiger partial charge in [0.05, 0.1) is 17.7 Å². The third-order valence-corrected chi connectivity index (χ3v) is 3.79. The molecule has 2 nitrogen and oxygen atoms in total. The molecule has 0 spiro atoms. The Morgan fingerprint density at radius 1 is 1.19 bits per heavy atom. The Morgan fingerprint density at radius 2 is 1.86 bits per heavy atom. The van der Waals surface area contributed by atoms with Crippen LogP contribution in [-0.4, -0.2) is 7.11 Å². The average Bonchev–Trinajstić information content (AvgIpc) is 2.47. The zero-order chi connectivity index (χ0) is 15.4. The molecule has 0 atom stereocenters. The molecule has 0 aliphatic carbocycles. The molecule has 0 saturated heterocycles. The lowest BCUT2D eigenvalue weighted by Gasteiger charge is -2.14. The van der Waals surface area contributed by atoms with E-state index in [0.717, 1.165) is 5.56 Å². The Hall–Kier alpha value is -1.33. The predicted molar refractivity (Wildman–Crippen MR) is 81.3 cm³/mol. The van der Waals surface area contributed by atoms with E-state index in [9.17, 15) is 8.78 Å². The molecule has 112 valence electrons. The highest BCUT2D eigenvalue weighted by Crippen LogP contribution is 2.37. The number of alkyl halides is 1. The van der Waals surface area contributed by atoms with Crippen LogP contribution in [-0.2, 0) is 11.9 Å². The first-order valence-corrected chi connectivity index (χ1v) is 7.54. The van der Waals surface area contributed by atoms with Crippen molar-refractivity contribution in [2.24, 2.45) is 0 Å². The summed E-state index contributed by atoms with van der Waals surface area (Å²) in [6, 6.07) is 7.09. The highest BCUT2D eigenvalue weighted by molar-refractivity contribution is 9.08. The Balaban J connectivity index is 2.28. The molecule has 2 rings (SSSR count). The maximum Gasteiger partial charge on any atom is 0.180 e. The lowest BCUT2D eigenvalue weighted by molar-refractivity contribution is 0.274. The molecule has 6 heteroatoms. The van der Waals surface area contributed by atoms with Gasteiger partial charge < -0.3 is 9.47 Å². The minimum absolute atomic E-state index is 0.153. The normalized spacial score (nSPS) is 10.5. The van der Waals surface area contributed by atoms with Crippen LogP contribution in [0.2, 0.25) is 5.02 Å². The topological polar surface area (TPSA) is 18.5 Å². The Morgan fingerprint density at radius 3 is 2.43 bits per heavy atom. The van der Waals surface area contributed by atoms with Crippen LogP contribution >= 0.6 is 27.5 Å². The van der Waals surface area contributed by atoms with Crippen LogP contribution < -0.4 is 9.47 Å². The molecule has 0 aromatic heterocycles. The first kappa shape index (κ1) is 16.0. The second-order valence-corrected chi connectivity index (χ2v) is 5.20. The fourth-order valence-corrected chi connectivity index (χ4v) is 2.42. The summed E-state index contributed by atoms with van der Waals surface area (Å²) in [7, 11) is 1.47. The molecule has 0 aliphatic heterocycles. The van der Waals surface area contributed by atoms with Gasteiger partial charge in [-0.25, -0.2) is 8.78 Å². The van der Waals surface area contributed by atoms with Crippen molar-refractivity contribution in [3.8, 4) is 11.5 Å². The lowest BCUT2D eigenvalue weighted by atomic mass is 10.2. The van der Waals surface area contributed by atoms with E-state index in [1.165, 1.54) is 25.3 Å². The van der Waals surface area contributed by atoms with Crippen molar-refractivity contribution in [3.05, 3.63) is 58.1 Å². The second kappa shape index (κ2) is 7.09. The fraction of sp³-hybridized carbons (Fsp3) is 0.200. The van der Waals surface area contributed by atoms with Gasteiger partial charge in [-0.2, -0.15) is 0 Å². The summed E-state index contributed by atoms with van der Waals surface area (Å²) in [5, 5.41) is 0.922. The van der Waals surface area contributed by atoms with E-state index in [4.69, 9.17) is 21.1 Å². The zero-order valence-electron chi connectivity index (χ0n) is 11.1. The summed E-state index contributed by atoms with van der Waals surface area (Å²) in [6.45, 7) is -0.276. The van der Waals surface area contributed by atoms with Gasteiger partial charge in [0, 0.05) is 5.33 Å². The van der Waals surface area contributed by atoms with Crippen LogP contribution in [0.25, 0.3) is 0 Å². The van der Waals surface area contributed by atoms with Gasteiger partial charge in [-0.1, -0.05) is 33.6 Å².